The van der Waals surface area contributed by atoms with E-state index in [1.807, 2.05) is 0 Å². The molecule has 5 aromatic carbocycles. The highest BCUT2D eigenvalue weighted by Crippen LogP contribution is 2.62. The lowest BCUT2D eigenvalue weighted by atomic mass is 9.59. The van der Waals surface area contributed by atoms with Crippen molar-refractivity contribution < 1.29 is 0 Å². The molecule has 0 amide bonds. The van der Waals surface area contributed by atoms with Gasteiger partial charge in [0.1, 0.15) is 0 Å². The molecule has 41 heavy (non-hydrogen) atoms. The first-order valence-corrected chi connectivity index (χ1v) is 14.8. The maximum Gasteiger partial charge on any atom is 0.0544 e. The maximum absolute atomic E-state index is 2.51. The van der Waals surface area contributed by atoms with Crippen LogP contribution in [0.5, 0.6) is 0 Å². The number of para-hydroxylation sites is 3. The Morgan fingerprint density at radius 3 is 1.22 bits per heavy atom. The summed E-state index contributed by atoms with van der Waals surface area (Å²) in [5.74, 6) is 0. The Balaban J connectivity index is 1.37. The molecule has 2 nitrogen and oxygen atoms in total. The molecule has 0 N–H and O–H groups in total. The van der Waals surface area contributed by atoms with Crippen molar-refractivity contribution in [3.05, 3.63) is 120 Å². The molecule has 0 fully saturated rings. The Labute approximate surface area is 241 Å². The van der Waals surface area contributed by atoms with E-state index in [4.69, 9.17) is 0 Å². The Morgan fingerprint density at radius 2 is 0.756 bits per heavy atom. The molecule has 1 aliphatic rings. The number of fused-ring (bicyclic) bond motifs is 7. The average molecular weight is 533 g/mol. The van der Waals surface area contributed by atoms with E-state index in [1.165, 1.54) is 66.1 Å². The van der Waals surface area contributed by atoms with Gasteiger partial charge in [-0.1, -0.05) is 96.1 Å². The van der Waals surface area contributed by atoms with Crippen molar-refractivity contribution in [1.82, 2.24) is 9.13 Å². The number of hydrogen-bond donors (Lipinski definition) is 0. The minimum Gasteiger partial charge on any atom is -0.309 e. The third-order valence-corrected chi connectivity index (χ3v) is 11.2. The summed E-state index contributed by atoms with van der Waals surface area (Å²) in [5, 5.41) is 5.23. The summed E-state index contributed by atoms with van der Waals surface area (Å²) in [6.45, 7) is 14.6. The van der Waals surface area contributed by atoms with Crippen LogP contribution in [0.3, 0.4) is 0 Å². The second-order valence-corrected chi connectivity index (χ2v) is 13.5. The van der Waals surface area contributed by atoms with Crippen LogP contribution in [0.4, 0.5) is 0 Å². The minimum absolute atomic E-state index is 0.0572. The standard InChI is InChI=1S/C39H36N2/c1-37(2)31-23-30-29-15-9-12-18-35(29)41(36(30)24-32(31)38(3,4)39(37,5)6)26-21-19-25(20-22-26)40-33-16-10-7-13-27(33)28-14-8-11-17-34(28)40/h7-24H,1-6H3. The van der Waals surface area contributed by atoms with Crippen LogP contribution in [0.2, 0.25) is 0 Å². The Morgan fingerprint density at radius 1 is 0.390 bits per heavy atom. The zero-order chi connectivity index (χ0) is 28.3. The molecule has 2 aromatic heterocycles. The zero-order valence-corrected chi connectivity index (χ0v) is 24.8. The second-order valence-electron chi connectivity index (χ2n) is 13.5. The van der Waals surface area contributed by atoms with E-state index in [1.54, 1.807) is 0 Å². The zero-order valence-electron chi connectivity index (χ0n) is 24.8. The minimum atomic E-state index is 0.0572. The molecule has 2 heteroatoms. The van der Waals surface area contributed by atoms with Gasteiger partial charge < -0.3 is 9.13 Å². The van der Waals surface area contributed by atoms with E-state index in [0.717, 1.165) is 0 Å². The molecule has 2 heterocycles. The van der Waals surface area contributed by atoms with Crippen molar-refractivity contribution in [3.63, 3.8) is 0 Å². The number of benzene rings is 5. The van der Waals surface area contributed by atoms with E-state index in [0.29, 0.717) is 0 Å². The van der Waals surface area contributed by atoms with Crippen LogP contribution < -0.4 is 0 Å². The summed E-state index contributed by atoms with van der Waals surface area (Å²) in [4.78, 5) is 0. The summed E-state index contributed by atoms with van der Waals surface area (Å²) >= 11 is 0. The molecule has 0 bridgehead atoms. The van der Waals surface area contributed by atoms with Crippen LogP contribution in [0.25, 0.3) is 55.0 Å². The predicted octanol–water partition coefficient (Wildman–Crippen LogP) is 10.5. The number of aromatic nitrogens is 2. The fourth-order valence-corrected chi connectivity index (χ4v) is 7.73. The molecular weight excluding hydrogens is 496 g/mol. The lowest BCUT2D eigenvalue weighted by Crippen LogP contribution is -2.42. The first-order valence-electron chi connectivity index (χ1n) is 14.8. The molecule has 0 saturated carbocycles. The van der Waals surface area contributed by atoms with Gasteiger partial charge in [-0.15, -0.1) is 0 Å². The summed E-state index contributed by atoms with van der Waals surface area (Å²) in [5.41, 5.74) is 10.6. The Kier molecular flexibility index (Phi) is 4.73. The fourth-order valence-electron chi connectivity index (χ4n) is 7.73. The van der Waals surface area contributed by atoms with Gasteiger partial charge in [-0.3, -0.25) is 0 Å². The molecule has 0 radical (unpaired) electrons. The van der Waals surface area contributed by atoms with Gasteiger partial charge in [0.2, 0.25) is 0 Å². The van der Waals surface area contributed by atoms with Crippen molar-refractivity contribution in [2.75, 3.05) is 0 Å². The molecule has 0 atom stereocenters. The molecular formula is C39H36N2. The SMILES string of the molecule is CC1(C)c2cc3c4ccccc4n(-c4ccc(-n5c6ccccc6c6ccccc65)cc4)c3cc2C(C)(C)C1(C)C. The molecule has 0 aliphatic heterocycles. The smallest absolute Gasteiger partial charge is 0.0544 e. The number of rotatable bonds is 2. The first-order chi connectivity index (χ1) is 19.6. The van der Waals surface area contributed by atoms with Gasteiger partial charge in [-0.05, 0) is 82.0 Å². The third kappa shape index (κ3) is 2.98. The van der Waals surface area contributed by atoms with Gasteiger partial charge in [0, 0.05) is 32.9 Å². The van der Waals surface area contributed by atoms with Crippen molar-refractivity contribution in [1.29, 1.82) is 0 Å². The highest BCUT2D eigenvalue weighted by molar-refractivity contribution is 6.11. The van der Waals surface area contributed by atoms with Crippen LogP contribution in [0.15, 0.2) is 109 Å². The van der Waals surface area contributed by atoms with Gasteiger partial charge in [-0.25, -0.2) is 0 Å². The third-order valence-electron chi connectivity index (χ3n) is 11.2. The van der Waals surface area contributed by atoms with E-state index in [9.17, 15) is 0 Å². The summed E-state index contributed by atoms with van der Waals surface area (Å²) in [7, 11) is 0. The normalized spacial score (nSPS) is 17.1. The largest absolute Gasteiger partial charge is 0.309 e. The Bertz CT molecular complexity index is 2110. The van der Waals surface area contributed by atoms with Crippen LogP contribution in [-0.4, -0.2) is 9.13 Å². The lowest BCUT2D eigenvalue weighted by molar-refractivity contribution is 0.125. The quantitative estimate of drug-likeness (QED) is 0.210. The van der Waals surface area contributed by atoms with Gasteiger partial charge in [0.05, 0.1) is 22.1 Å². The van der Waals surface area contributed by atoms with Crippen LogP contribution in [0.1, 0.15) is 52.7 Å². The molecule has 8 rings (SSSR count). The first kappa shape index (κ1) is 24.5. The van der Waals surface area contributed by atoms with E-state index < -0.39 is 0 Å². The highest BCUT2D eigenvalue weighted by Gasteiger charge is 2.56. The van der Waals surface area contributed by atoms with Crippen LogP contribution >= 0.6 is 0 Å². The van der Waals surface area contributed by atoms with Gasteiger partial charge in [-0.2, -0.15) is 0 Å². The maximum atomic E-state index is 2.51. The van der Waals surface area contributed by atoms with E-state index >= 15 is 0 Å². The predicted molar refractivity (Wildman–Crippen MR) is 175 cm³/mol. The van der Waals surface area contributed by atoms with E-state index in [2.05, 4.69) is 160 Å². The fraction of sp³-hybridized carbons (Fsp3) is 0.231. The van der Waals surface area contributed by atoms with Crippen molar-refractivity contribution in [2.24, 2.45) is 5.41 Å². The van der Waals surface area contributed by atoms with Crippen LogP contribution in [0, 0.1) is 5.41 Å². The van der Waals surface area contributed by atoms with Crippen molar-refractivity contribution >= 4 is 43.6 Å². The van der Waals surface area contributed by atoms with Crippen molar-refractivity contribution in [2.45, 2.75) is 52.4 Å². The van der Waals surface area contributed by atoms with E-state index in [-0.39, 0.29) is 16.2 Å². The molecule has 7 aromatic rings. The highest BCUT2D eigenvalue weighted by atomic mass is 15.0. The Hall–Kier alpha value is -4.30. The number of hydrogen-bond acceptors (Lipinski definition) is 0. The van der Waals surface area contributed by atoms with Gasteiger partial charge in [0.15, 0.2) is 0 Å². The summed E-state index contributed by atoms with van der Waals surface area (Å²) in [6.07, 6.45) is 0. The average Bonchev–Trinajstić information content (AvgIpc) is 3.52. The van der Waals surface area contributed by atoms with Gasteiger partial charge >= 0.3 is 0 Å². The molecule has 1 aliphatic carbocycles. The monoisotopic (exact) mass is 532 g/mol. The topological polar surface area (TPSA) is 9.86 Å². The summed E-state index contributed by atoms with van der Waals surface area (Å²) < 4.78 is 4.86. The molecule has 0 spiro atoms. The van der Waals surface area contributed by atoms with Crippen molar-refractivity contribution in [3.8, 4) is 11.4 Å². The molecule has 0 unspecified atom stereocenters. The second kappa shape index (κ2) is 7.91. The molecule has 0 saturated heterocycles. The number of nitrogens with zero attached hydrogens (tertiary/aromatic N) is 2. The van der Waals surface area contributed by atoms with Crippen LogP contribution in [-0.2, 0) is 10.8 Å². The summed E-state index contributed by atoms with van der Waals surface area (Å²) in [6, 6.07) is 40.4. The lowest BCUT2D eigenvalue weighted by Gasteiger charge is -2.44. The molecule has 202 valence electrons. The van der Waals surface area contributed by atoms with Gasteiger partial charge in [0.25, 0.3) is 0 Å².